The van der Waals surface area contributed by atoms with Crippen LogP contribution in [0.1, 0.15) is 12.0 Å². The van der Waals surface area contributed by atoms with Crippen molar-refractivity contribution in [1.29, 1.82) is 0 Å². The van der Waals surface area contributed by atoms with Gasteiger partial charge < -0.3 is 19.9 Å². The molecule has 1 aromatic carbocycles. The fraction of sp³-hybridized carbons (Fsp3) is 0.353. The largest absolute Gasteiger partial charge is 0.497 e. The van der Waals surface area contributed by atoms with E-state index in [9.17, 15) is 9.59 Å². The Morgan fingerprint density at radius 2 is 1.86 bits per heavy atom. The number of primary amides is 1. The number of aliphatic imine (C=N–C) groups is 1. The number of halogens is 3. The van der Waals surface area contributed by atoms with Gasteiger partial charge in [0.15, 0.2) is 3.79 Å². The summed E-state index contributed by atoms with van der Waals surface area (Å²) in [6.45, 7) is -0.126. The van der Waals surface area contributed by atoms with Gasteiger partial charge in [0.05, 0.1) is 7.11 Å². The van der Waals surface area contributed by atoms with Crippen LogP contribution in [0, 0.1) is 0 Å². The fourth-order valence-electron chi connectivity index (χ4n) is 2.19. The Bertz CT molecular complexity index is 791. The number of ether oxygens (including phenoxy) is 3. The van der Waals surface area contributed by atoms with E-state index in [1.54, 1.807) is 31.4 Å². The number of carbonyl (C=O) groups is 2. The fourth-order valence-corrected chi connectivity index (χ4v) is 3.55. The summed E-state index contributed by atoms with van der Waals surface area (Å²) < 4.78 is 13.6. The minimum atomic E-state index is -1.59. The van der Waals surface area contributed by atoms with Gasteiger partial charge in [0.1, 0.15) is 29.7 Å². The molecule has 1 heterocycles. The molecule has 1 aromatic rings. The number of rotatable bonds is 7. The first-order chi connectivity index (χ1) is 13.2. The van der Waals surface area contributed by atoms with Gasteiger partial charge in [-0.2, -0.15) is 0 Å². The number of thioether (sulfide) groups is 1. The molecule has 0 atom stereocenters. The minimum Gasteiger partial charge on any atom is -0.497 e. The number of nitrogens with two attached hydrogens (primary N) is 1. The van der Waals surface area contributed by atoms with Gasteiger partial charge >= 0.3 is 12.1 Å². The lowest BCUT2D eigenvalue weighted by Gasteiger charge is -2.20. The molecule has 1 aliphatic heterocycles. The summed E-state index contributed by atoms with van der Waals surface area (Å²) in [4.78, 5) is 27.6. The molecule has 0 radical (unpaired) electrons. The summed E-state index contributed by atoms with van der Waals surface area (Å²) in [6.07, 6.45) is -0.937. The molecule has 1 amide bonds. The third kappa shape index (κ3) is 7.43. The third-order valence-corrected chi connectivity index (χ3v) is 4.89. The maximum absolute atomic E-state index is 12.6. The third-order valence-electron chi connectivity index (χ3n) is 3.46. The Morgan fingerprint density at radius 3 is 2.43 bits per heavy atom. The van der Waals surface area contributed by atoms with Crippen LogP contribution in [0.25, 0.3) is 0 Å². The maximum atomic E-state index is 12.6. The van der Waals surface area contributed by atoms with Crippen LogP contribution in [0.3, 0.4) is 0 Å². The predicted octanol–water partition coefficient (Wildman–Crippen LogP) is 3.99. The molecule has 0 saturated carbocycles. The molecular weight excluding hydrogens is 451 g/mol. The van der Waals surface area contributed by atoms with Crippen LogP contribution in [0.2, 0.25) is 0 Å². The lowest BCUT2D eigenvalue weighted by Crippen LogP contribution is -2.22. The molecule has 7 nitrogen and oxygen atoms in total. The average molecular weight is 468 g/mol. The van der Waals surface area contributed by atoms with Crippen molar-refractivity contribution < 1.29 is 23.8 Å². The number of hydrogen-bond acceptors (Lipinski definition) is 7. The number of nitrogens with zero attached hydrogens (tertiary/aromatic N) is 1. The van der Waals surface area contributed by atoms with E-state index in [0.717, 1.165) is 5.56 Å². The van der Waals surface area contributed by atoms with Crippen LogP contribution in [0.15, 0.2) is 40.5 Å². The highest BCUT2D eigenvalue weighted by atomic mass is 35.6. The number of carbonyl (C=O) groups excluding carboxylic acids is 2. The highest BCUT2D eigenvalue weighted by Crippen LogP contribution is 2.37. The number of hydrogen-bond donors (Lipinski definition) is 1. The summed E-state index contributed by atoms with van der Waals surface area (Å²) in [5.41, 5.74) is 6.27. The molecule has 0 bridgehead atoms. The van der Waals surface area contributed by atoms with Crippen LogP contribution in [-0.4, -0.2) is 40.4 Å². The van der Waals surface area contributed by atoms with Crippen molar-refractivity contribution >= 4 is 63.7 Å². The predicted molar refractivity (Wildman–Crippen MR) is 110 cm³/mol. The average Bonchev–Trinajstić information content (AvgIpc) is 2.64. The first-order valence-electron chi connectivity index (χ1n) is 7.89. The van der Waals surface area contributed by atoms with Crippen molar-refractivity contribution in [3.63, 3.8) is 0 Å². The van der Waals surface area contributed by atoms with Crippen molar-refractivity contribution in [3.8, 4) is 5.75 Å². The second kappa shape index (κ2) is 10.2. The SMILES string of the molecule is COc1ccc(COC(=O)C2=C(CC(Cl)(Cl)Cl)CSC(COC(N)=O)=N2)cc1. The van der Waals surface area contributed by atoms with Crippen molar-refractivity contribution in [2.75, 3.05) is 19.5 Å². The van der Waals surface area contributed by atoms with Gasteiger partial charge in [0.25, 0.3) is 0 Å². The number of alkyl halides is 3. The molecule has 0 fully saturated rings. The van der Waals surface area contributed by atoms with Crippen molar-refractivity contribution in [1.82, 2.24) is 0 Å². The van der Waals surface area contributed by atoms with Gasteiger partial charge in [0.2, 0.25) is 0 Å². The summed E-state index contributed by atoms with van der Waals surface area (Å²) in [5, 5.41) is 0.392. The Morgan fingerprint density at radius 1 is 1.18 bits per heavy atom. The molecule has 0 unspecified atom stereocenters. The molecule has 28 heavy (non-hydrogen) atoms. The second-order valence-electron chi connectivity index (χ2n) is 5.57. The van der Waals surface area contributed by atoms with Crippen molar-refractivity contribution in [2.45, 2.75) is 16.8 Å². The van der Waals surface area contributed by atoms with Crippen LogP contribution in [-0.2, 0) is 20.9 Å². The molecule has 0 aliphatic carbocycles. The summed E-state index contributed by atoms with van der Waals surface area (Å²) >= 11 is 18.9. The Balaban J connectivity index is 2.15. The molecule has 152 valence electrons. The van der Waals surface area contributed by atoms with Gasteiger partial charge in [-0.25, -0.2) is 14.6 Å². The Hall–Kier alpha value is -1.61. The van der Waals surface area contributed by atoms with Gasteiger partial charge in [0, 0.05) is 12.2 Å². The van der Waals surface area contributed by atoms with E-state index in [0.29, 0.717) is 22.1 Å². The summed E-state index contributed by atoms with van der Waals surface area (Å²) in [7, 11) is 1.56. The Kier molecular flexibility index (Phi) is 8.30. The molecule has 11 heteroatoms. The zero-order valence-electron chi connectivity index (χ0n) is 14.7. The smallest absolute Gasteiger partial charge is 0.404 e. The monoisotopic (exact) mass is 466 g/mol. The van der Waals surface area contributed by atoms with E-state index >= 15 is 0 Å². The Labute approximate surface area is 181 Å². The standard InChI is InChI=1S/C17H17Cl3N2O5S/c1-25-12-4-2-10(3-5-12)7-26-15(23)14-11(6-17(18,19)20)9-28-13(22-14)8-27-16(21)24/h2-5H,6-9H2,1H3,(H2,21,24). The molecule has 0 spiro atoms. The van der Waals surface area contributed by atoms with Crippen molar-refractivity contribution in [2.24, 2.45) is 10.7 Å². The molecule has 2 N–H and O–H groups in total. The van der Waals surface area contributed by atoms with E-state index in [2.05, 4.69) is 4.99 Å². The van der Waals surface area contributed by atoms with Crippen molar-refractivity contribution in [3.05, 3.63) is 41.1 Å². The van der Waals surface area contributed by atoms with Gasteiger partial charge in [-0.3, -0.25) is 0 Å². The zero-order chi connectivity index (χ0) is 20.7. The van der Waals surface area contributed by atoms with Gasteiger partial charge in [-0.15, -0.1) is 11.8 Å². The maximum Gasteiger partial charge on any atom is 0.404 e. The first-order valence-corrected chi connectivity index (χ1v) is 10.0. The summed E-state index contributed by atoms with van der Waals surface area (Å²) in [5.74, 6) is 0.356. The first kappa shape index (κ1) is 22.7. The minimum absolute atomic E-state index is 0.00505. The van der Waals surface area contributed by atoms with Crippen LogP contribution in [0.5, 0.6) is 5.75 Å². The highest BCUT2D eigenvalue weighted by Gasteiger charge is 2.29. The number of methoxy groups -OCH3 is 1. The highest BCUT2D eigenvalue weighted by molar-refractivity contribution is 8.14. The molecular formula is C17H17Cl3N2O5S. The second-order valence-corrected chi connectivity index (χ2v) is 9.13. The van der Waals surface area contributed by atoms with E-state index < -0.39 is 15.9 Å². The van der Waals surface area contributed by atoms with E-state index in [-0.39, 0.29) is 25.3 Å². The van der Waals surface area contributed by atoms with Crippen LogP contribution in [0.4, 0.5) is 4.79 Å². The normalized spacial score (nSPS) is 14.4. The molecule has 2 rings (SSSR count). The quantitative estimate of drug-likeness (QED) is 0.481. The van der Waals surface area contributed by atoms with Crippen LogP contribution >= 0.6 is 46.6 Å². The van der Waals surface area contributed by atoms with E-state index in [1.807, 2.05) is 0 Å². The topological polar surface area (TPSA) is 100 Å². The van der Waals surface area contributed by atoms with Crippen LogP contribution < -0.4 is 10.5 Å². The molecule has 0 saturated heterocycles. The summed E-state index contributed by atoms with van der Waals surface area (Å²) in [6, 6.07) is 7.06. The lowest BCUT2D eigenvalue weighted by atomic mass is 10.1. The number of benzene rings is 1. The number of amides is 1. The lowest BCUT2D eigenvalue weighted by molar-refractivity contribution is -0.140. The van der Waals surface area contributed by atoms with E-state index in [1.165, 1.54) is 11.8 Å². The zero-order valence-corrected chi connectivity index (χ0v) is 17.8. The van der Waals surface area contributed by atoms with E-state index in [4.69, 9.17) is 54.7 Å². The molecule has 0 aromatic heterocycles. The number of esters is 1. The molecule has 1 aliphatic rings. The van der Waals surface area contributed by atoms with Gasteiger partial charge in [-0.05, 0) is 23.3 Å². The van der Waals surface area contributed by atoms with Gasteiger partial charge in [-0.1, -0.05) is 46.9 Å².